The molecule has 6 N–H and O–H groups in total. The molecule has 0 saturated carbocycles. The van der Waals surface area contributed by atoms with Crippen LogP contribution in [0.1, 0.15) is 6.23 Å². The number of aliphatic hydroxyl groups excluding tert-OH is 3. The Morgan fingerprint density at radius 1 is 1.38 bits per heavy atom. The van der Waals surface area contributed by atoms with Crippen molar-refractivity contribution < 1.29 is 30.0 Å². The zero-order chi connectivity index (χ0) is 17.4. The number of thioether (sulfide) groups is 1. The van der Waals surface area contributed by atoms with Gasteiger partial charge >= 0.3 is 5.97 Å². The Labute approximate surface area is 139 Å². The van der Waals surface area contributed by atoms with E-state index in [9.17, 15) is 15.0 Å². The van der Waals surface area contributed by atoms with Crippen LogP contribution in [-0.4, -0.2) is 76.6 Å². The minimum atomic E-state index is -1.30. The maximum Gasteiger partial charge on any atom is 0.313 e. The number of rotatable bonds is 5. The summed E-state index contributed by atoms with van der Waals surface area (Å²) in [4.78, 5) is 22.9. The number of hydrogen-bond acceptors (Lipinski definition) is 10. The number of carboxylic acid groups (broad SMARTS) is 1. The Kier molecular flexibility index (Phi) is 4.56. The molecule has 3 heterocycles. The van der Waals surface area contributed by atoms with Gasteiger partial charge in [0.1, 0.15) is 23.8 Å². The predicted octanol–water partition coefficient (Wildman–Crippen LogP) is -1.80. The van der Waals surface area contributed by atoms with E-state index in [0.717, 1.165) is 11.8 Å². The highest BCUT2D eigenvalue weighted by atomic mass is 32.2. The second-order valence-electron chi connectivity index (χ2n) is 5.13. The Morgan fingerprint density at radius 2 is 2.12 bits per heavy atom. The van der Waals surface area contributed by atoms with Gasteiger partial charge in [-0.2, -0.15) is 0 Å². The second-order valence-corrected chi connectivity index (χ2v) is 6.07. The fraction of sp³-hybridized carbons (Fsp3) is 0.500. The van der Waals surface area contributed by atoms with Crippen LogP contribution in [0.25, 0.3) is 11.2 Å². The number of nitrogens with two attached hydrogens (primary N) is 1. The topological polar surface area (TPSA) is 177 Å². The molecule has 1 saturated heterocycles. The van der Waals surface area contributed by atoms with Crippen molar-refractivity contribution in [3.63, 3.8) is 0 Å². The normalized spacial score (nSPS) is 27.0. The first-order valence-electron chi connectivity index (χ1n) is 6.89. The van der Waals surface area contributed by atoms with E-state index in [1.165, 1.54) is 10.9 Å². The lowest BCUT2D eigenvalue weighted by atomic mass is 10.1. The van der Waals surface area contributed by atoms with E-state index in [0.29, 0.717) is 0 Å². The van der Waals surface area contributed by atoms with Crippen LogP contribution in [0.15, 0.2) is 11.5 Å². The number of nitrogen functional groups attached to an aromatic ring is 1. The van der Waals surface area contributed by atoms with Gasteiger partial charge in [0.2, 0.25) is 0 Å². The Morgan fingerprint density at radius 3 is 2.75 bits per heavy atom. The van der Waals surface area contributed by atoms with Crippen LogP contribution in [0.4, 0.5) is 5.82 Å². The molecule has 0 aromatic carbocycles. The molecule has 11 nitrogen and oxygen atoms in total. The number of imidazole rings is 1. The molecule has 2 aromatic rings. The van der Waals surface area contributed by atoms with Crippen molar-refractivity contribution in [3.05, 3.63) is 6.33 Å². The lowest BCUT2D eigenvalue weighted by Gasteiger charge is -2.16. The molecule has 1 aliphatic rings. The number of fused-ring (bicyclic) bond motifs is 1. The first kappa shape index (κ1) is 16.9. The number of nitrogens with zero attached hydrogens (tertiary/aromatic N) is 4. The van der Waals surface area contributed by atoms with Gasteiger partial charge < -0.3 is 30.9 Å². The predicted molar refractivity (Wildman–Crippen MR) is 81.1 cm³/mol. The zero-order valence-electron chi connectivity index (χ0n) is 12.2. The van der Waals surface area contributed by atoms with Crippen LogP contribution < -0.4 is 5.73 Å². The van der Waals surface area contributed by atoms with Gasteiger partial charge in [0.05, 0.1) is 18.7 Å². The lowest BCUT2D eigenvalue weighted by molar-refractivity contribution is -0.133. The molecule has 1 fully saturated rings. The Bertz CT molecular complexity index is 770. The maximum absolute atomic E-state index is 10.7. The van der Waals surface area contributed by atoms with Gasteiger partial charge in [-0.1, -0.05) is 11.8 Å². The summed E-state index contributed by atoms with van der Waals surface area (Å²) in [5.41, 5.74) is 6.29. The summed E-state index contributed by atoms with van der Waals surface area (Å²) in [5.74, 6) is -1.22. The van der Waals surface area contributed by atoms with E-state index >= 15 is 0 Å². The van der Waals surface area contributed by atoms with Crippen LogP contribution in [-0.2, 0) is 9.53 Å². The molecule has 0 aliphatic carbocycles. The third-order valence-electron chi connectivity index (χ3n) is 3.54. The standard InChI is InChI=1S/C12H15N5O6S/c13-9-6-10(16-12(15-9)24-2-5(19)20)17(3-14-6)11-8(22)7(21)4(1-18)23-11/h3-4,7-8,11,18,21-22H,1-2H2,(H,19,20)(H2,13,15,16)/t4-,7?,8?,11-/m1/s1. The quantitative estimate of drug-likeness (QED) is 0.301. The Hall–Kier alpha value is -1.99. The van der Waals surface area contributed by atoms with E-state index in [4.69, 9.17) is 20.7 Å². The van der Waals surface area contributed by atoms with Crippen LogP contribution in [0.3, 0.4) is 0 Å². The number of carboxylic acids is 1. The number of ether oxygens (including phenoxy) is 1. The minimum absolute atomic E-state index is 0.0541. The summed E-state index contributed by atoms with van der Waals surface area (Å²) in [6, 6.07) is 0. The fourth-order valence-electron chi connectivity index (χ4n) is 2.40. The van der Waals surface area contributed by atoms with Crippen molar-refractivity contribution in [2.75, 3.05) is 18.1 Å². The van der Waals surface area contributed by atoms with Crippen molar-refractivity contribution in [2.45, 2.75) is 29.7 Å². The average molecular weight is 357 g/mol. The Balaban J connectivity index is 1.98. The van der Waals surface area contributed by atoms with E-state index in [1.807, 2.05) is 0 Å². The van der Waals surface area contributed by atoms with Crippen molar-refractivity contribution in [3.8, 4) is 0 Å². The molecule has 3 rings (SSSR count). The van der Waals surface area contributed by atoms with Gasteiger partial charge in [-0.25, -0.2) is 15.0 Å². The number of aromatic nitrogens is 4. The van der Waals surface area contributed by atoms with E-state index < -0.39 is 37.1 Å². The third kappa shape index (κ3) is 2.89. The second kappa shape index (κ2) is 6.49. The summed E-state index contributed by atoms with van der Waals surface area (Å²) in [6.07, 6.45) is -3.21. The summed E-state index contributed by atoms with van der Waals surface area (Å²) in [7, 11) is 0. The molecule has 130 valence electrons. The highest BCUT2D eigenvalue weighted by Crippen LogP contribution is 2.32. The highest BCUT2D eigenvalue weighted by Gasteiger charge is 2.44. The van der Waals surface area contributed by atoms with Gasteiger partial charge in [-0.15, -0.1) is 0 Å². The van der Waals surface area contributed by atoms with Crippen molar-refractivity contribution in [1.82, 2.24) is 19.5 Å². The molecule has 2 unspecified atom stereocenters. The van der Waals surface area contributed by atoms with E-state index in [1.54, 1.807) is 0 Å². The van der Waals surface area contributed by atoms with Crippen molar-refractivity contribution >= 4 is 34.7 Å². The SMILES string of the molecule is Nc1nc(SCC(=O)O)nc2c1ncn2[C@@H]1O[C@H](CO)C(O)C1O. The smallest absolute Gasteiger partial charge is 0.313 e. The fourth-order valence-corrected chi connectivity index (χ4v) is 2.97. The molecule has 0 radical (unpaired) electrons. The van der Waals surface area contributed by atoms with Gasteiger partial charge in [-0.05, 0) is 0 Å². The maximum atomic E-state index is 10.7. The molecule has 24 heavy (non-hydrogen) atoms. The van der Waals surface area contributed by atoms with Crippen LogP contribution in [0, 0.1) is 0 Å². The first-order chi connectivity index (χ1) is 11.4. The monoisotopic (exact) mass is 357 g/mol. The van der Waals surface area contributed by atoms with Crippen LogP contribution >= 0.6 is 11.8 Å². The van der Waals surface area contributed by atoms with E-state index in [-0.39, 0.29) is 27.9 Å². The number of aliphatic carboxylic acids is 1. The number of aliphatic hydroxyl groups is 3. The van der Waals surface area contributed by atoms with Crippen LogP contribution in [0.5, 0.6) is 0 Å². The summed E-state index contributed by atoms with van der Waals surface area (Å²) >= 11 is 0.883. The molecule has 0 amide bonds. The van der Waals surface area contributed by atoms with Crippen LogP contribution in [0.2, 0.25) is 0 Å². The summed E-state index contributed by atoms with van der Waals surface area (Å²) in [5, 5.41) is 38.0. The molecule has 4 atom stereocenters. The summed E-state index contributed by atoms with van der Waals surface area (Å²) in [6.45, 7) is -0.460. The minimum Gasteiger partial charge on any atom is -0.481 e. The molecule has 12 heteroatoms. The molecular formula is C12H15N5O6S. The summed E-state index contributed by atoms with van der Waals surface area (Å²) < 4.78 is 6.80. The number of carbonyl (C=O) groups is 1. The lowest BCUT2D eigenvalue weighted by Crippen LogP contribution is -2.33. The van der Waals surface area contributed by atoms with Crippen molar-refractivity contribution in [2.24, 2.45) is 0 Å². The largest absolute Gasteiger partial charge is 0.481 e. The van der Waals surface area contributed by atoms with Gasteiger partial charge in [0.15, 0.2) is 22.8 Å². The van der Waals surface area contributed by atoms with Gasteiger partial charge in [0.25, 0.3) is 0 Å². The van der Waals surface area contributed by atoms with Gasteiger partial charge in [-0.3, -0.25) is 9.36 Å². The number of anilines is 1. The van der Waals surface area contributed by atoms with E-state index in [2.05, 4.69) is 15.0 Å². The highest BCUT2D eigenvalue weighted by molar-refractivity contribution is 7.99. The number of hydrogen-bond donors (Lipinski definition) is 5. The molecular weight excluding hydrogens is 342 g/mol. The average Bonchev–Trinajstić information content (AvgIpc) is 3.08. The molecule has 0 bridgehead atoms. The molecule has 2 aromatic heterocycles. The molecule has 0 spiro atoms. The zero-order valence-corrected chi connectivity index (χ0v) is 13.0. The van der Waals surface area contributed by atoms with Crippen molar-refractivity contribution in [1.29, 1.82) is 0 Å². The first-order valence-corrected chi connectivity index (χ1v) is 7.88. The third-order valence-corrected chi connectivity index (χ3v) is 4.38. The molecule has 1 aliphatic heterocycles. The van der Waals surface area contributed by atoms with Gasteiger partial charge in [0, 0.05) is 0 Å².